The Kier molecular flexibility index (Phi) is 7.91. The monoisotopic (exact) mass is 476 g/mol. The maximum atomic E-state index is 12.6. The molecule has 8 heteroatoms. The zero-order valence-electron chi connectivity index (χ0n) is 18.5. The van der Waals surface area contributed by atoms with Gasteiger partial charge in [0.15, 0.2) is 11.5 Å². The lowest BCUT2D eigenvalue weighted by molar-refractivity contribution is -0.112. The number of carboxylic acid groups (broad SMARTS) is 1. The number of anilines is 1. The number of hydrogen-bond acceptors (Lipinski definition) is 5. The van der Waals surface area contributed by atoms with Crippen molar-refractivity contribution in [2.75, 3.05) is 12.4 Å². The molecule has 7 nitrogen and oxygen atoms in total. The van der Waals surface area contributed by atoms with Crippen LogP contribution in [0.25, 0.3) is 6.08 Å². The van der Waals surface area contributed by atoms with Crippen LogP contribution in [0.15, 0.2) is 66.2 Å². The first-order valence-corrected chi connectivity index (χ1v) is 10.5. The van der Waals surface area contributed by atoms with Crippen LogP contribution in [-0.4, -0.2) is 24.1 Å². The molecular weight excluding hydrogens is 456 g/mol. The smallest absolute Gasteiger partial charge is 0.335 e. The molecule has 0 saturated carbocycles. The number of nitriles is 1. The molecule has 0 aliphatic rings. The van der Waals surface area contributed by atoms with Gasteiger partial charge < -0.3 is 19.9 Å². The number of carbonyl (C=O) groups is 2. The number of rotatable bonds is 8. The van der Waals surface area contributed by atoms with E-state index in [1.165, 1.54) is 25.3 Å². The van der Waals surface area contributed by atoms with Crippen molar-refractivity contribution in [1.29, 1.82) is 5.26 Å². The summed E-state index contributed by atoms with van der Waals surface area (Å²) in [5.41, 5.74) is 2.81. The van der Waals surface area contributed by atoms with E-state index in [4.69, 9.17) is 26.2 Å². The van der Waals surface area contributed by atoms with Crippen LogP contribution in [0.5, 0.6) is 11.5 Å². The van der Waals surface area contributed by atoms with Gasteiger partial charge in [-0.1, -0.05) is 35.9 Å². The van der Waals surface area contributed by atoms with Crippen LogP contribution in [-0.2, 0) is 11.4 Å². The summed E-state index contributed by atoms with van der Waals surface area (Å²) >= 11 is 6.00. The van der Waals surface area contributed by atoms with Crippen molar-refractivity contribution in [2.45, 2.75) is 13.5 Å². The SMILES string of the molecule is COc1cc(/C=C(\C#N)C(=O)Nc2cc(Cl)ccc2C)ccc1OCc1ccc(C(=O)O)cc1. The summed E-state index contributed by atoms with van der Waals surface area (Å²) in [7, 11) is 1.48. The number of aromatic carboxylic acids is 1. The normalized spacial score (nSPS) is 10.8. The van der Waals surface area contributed by atoms with E-state index in [1.807, 2.05) is 13.0 Å². The molecule has 172 valence electrons. The molecule has 3 aromatic rings. The molecule has 34 heavy (non-hydrogen) atoms. The Morgan fingerprint density at radius 1 is 1.09 bits per heavy atom. The van der Waals surface area contributed by atoms with Crippen molar-refractivity contribution >= 4 is 35.2 Å². The van der Waals surface area contributed by atoms with Gasteiger partial charge in [-0.3, -0.25) is 4.79 Å². The minimum Gasteiger partial charge on any atom is -0.493 e. The quantitative estimate of drug-likeness (QED) is 0.329. The molecule has 3 aromatic carbocycles. The van der Waals surface area contributed by atoms with Crippen LogP contribution < -0.4 is 14.8 Å². The summed E-state index contributed by atoms with van der Waals surface area (Å²) < 4.78 is 11.2. The summed E-state index contributed by atoms with van der Waals surface area (Å²) in [6.45, 7) is 2.03. The van der Waals surface area contributed by atoms with E-state index < -0.39 is 11.9 Å². The number of carboxylic acids is 1. The van der Waals surface area contributed by atoms with Gasteiger partial charge >= 0.3 is 5.97 Å². The van der Waals surface area contributed by atoms with E-state index in [2.05, 4.69) is 5.32 Å². The van der Waals surface area contributed by atoms with Crippen LogP contribution in [0.4, 0.5) is 5.69 Å². The Balaban J connectivity index is 1.75. The molecule has 0 aliphatic carbocycles. The number of aryl methyl sites for hydroxylation is 1. The van der Waals surface area contributed by atoms with E-state index >= 15 is 0 Å². The van der Waals surface area contributed by atoms with Crippen molar-refractivity contribution in [2.24, 2.45) is 0 Å². The largest absolute Gasteiger partial charge is 0.493 e. The average Bonchev–Trinajstić information content (AvgIpc) is 2.83. The first-order chi connectivity index (χ1) is 16.3. The first-order valence-electron chi connectivity index (χ1n) is 10.1. The van der Waals surface area contributed by atoms with E-state index in [9.17, 15) is 14.9 Å². The third-order valence-electron chi connectivity index (χ3n) is 4.91. The van der Waals surface area contributed by atoms with Gasteiger partial charge in [0.2, 0.25) is 0 Å². The van der Waals surface area contributed by atoms with Crippen LogP contribution in [0.1, 0.15) is 27.0 Å². The van der Waals surface area contributed by atoms with Crippen LogP contribution >= 0.6 is 11.6 Å². The highest BCUT2D eigenvalue weighted by molar-refractivity contribution is 6.31. The number of nitrogens with zero attached hydrogens (tertiary/aromatic N) is 1. The summed E-state index contributed by atoms with van der Waals surface area (Å²) in [6.07, 6.45) is 1.45. The molecule has 0 aromatic heterocycles. The third-order valence-corrected chi connectivity index (χ3v) is 5.14. The van der Waals surface area contributed by atoms with Crippen LogP contribution in [0, 0.1) is 18.3 Å². The molecular formula is C26H21ClN2O5. The van der Waals surface area contributed by atoms with E-state index in [-0.39, 0.29) is 17.7 Å². The molecule has 0 atom stereocenters. The van der Waals surface area contributed by atoms with Gasteiger partial charge in [0, 0.05) is 10.7 Å². The van der Waals surface area contributed by atoms with Crippen molar-refractivity contribution in [3.63, 3.8) is 0 Å². The second-order valence-corrected chi connectivity index (χ2v) is 7.72. The zero-order chi connectivity index (χ0) is 24.7. The van der Waals surface area contributed by atoms with E-state index in [0.29, 0.717) is 27.8 Å². The fourth-order valence-corrected chi connectivity index (χ4v) is 3.20. The minimum atomic E-state index is -0.995. The molecule has 0 fully saturated rings. The molecule has 0 aliphatic heterocycles. The Hall–Kier alpha value is -4.28. The maximum Gasteiger partial charge on any atom is 0.335 e. The van der Waals surface area contributed by atoms with Crippen LogP contribution in [0.2, 0.25) is 5.02 Å². The fraction of sp³-hybridized carbons (Fsp3) is 0.115. The molecule has 0 spiro atoms. The standard InChI is InChI=1S/C26H21ClN2O5/c1-16-3-9-21(27)13-22(16)29-25(30)20(14-28)11-18-6-10-23(24(12-18)33-2)34-15-17-4-7-19(8-5-17)26(31)32/h3-13H,15H2,1-2H3,(H,29,30)(H,31,32)/b20-11+. The van der Waals surface area contributed by atoms with Gasteiger partial charge in [0.25, 0.3) is 5.91 Å². The topological polar surface area (TPSA) is 109 Å². The van der Waals surface area contributed by atoms with Crippen molar-refractivity contribution in [3.05, 3.63) is 93.5 Å². The lowest BCUT2D eigenvalue weighted by atomic mass is 10.1. The van der Waals surface area contributed by atoms with Gasteiger partial charge in [0.1, 0.15) is 18.2 Å². The summed E-state index contributed by atoms with van der Waals surface area (Å²) in [4.78, 5) is 23.6. The van der Waals surface area contributed by atoms with Crippen LogP contribution in [0.3, 0.4) is 0 Å². The third kappa shape index (κ3) is 6.15. The Bertz CT molecular complexity index is 1290. The summed E-state index contributed by atoms with van der Waals surface area (Å²) in [5, 5.41) is 21.7. The number of ether oxygens (including phenoxy) is 2. The maximum absolute atomic E-state index is 12.6. The number of halogens is 1. The predicted molar refractivity (Wildman–Crippen MR) is 129 cm³/mol. The lowest BCUT2D eigenvalue weighted by Crippen LogP contribution is -2.14. The first kappa shape index (κ1) is 24.4. The van der Waals surface area contributed by atoms with Crippen molar-refractivity contribution in [1.82, 2.24) is 0 Å². The van der Waals surface area contributed by atoms with Crippen molar-refractivity contribution < 1.29 is 24.2 Å². The molecule has 0 bridgehead atoms. The highest BCUT2D eigenvalue weighted by Crippen LogP contribution is 2.30. The van der Waals surface area contributed by atoms with E-state index in [1.54, 1.807) is 48.5 Å². The van der Waals surface area contributed by atoms with E-state index in [0.717, 1.165) is 11.1 Å². The van der Waals surface area contributed by atoms with Gasteiger partial charge in [-0.2, -0.15) is 5.26 Å². The second-order valence-electron chi connectivity index (χ2n) is 7.28. The number of methoxy groups -OCH3 is 1. The number of hydrogen-bond donors (Lipinski definition) is 2. The predicted octanol–water partition coefficient (Wildman–Crippen LogP) is 5.48. The van der Waals surface area contributed by atoms with Gasteiger partial charge in [0.05, 0.1) is 12.7 Å². The van der Waals surface area contributed by atoms with Gasteiger partial charge in [-0.05, 0) is 66.1 Å². The summed E-state index contributed by atoms with van der Waals surface area (Å²) in [6, 6.07) is 18.4. The number of nitrogens with one attached hydrogen (secondary N) is 1. The fourth-order valence-electron chi connectivity index (χ4n) is 3.03. The van der Waals surface area contributed by atoms with Gasteiger partial charge in [-0.15, -0.1) is 0 Å². The molecule has 2 N–H and O–H groups in total. The summed E-state index contributed by atoms with van der Waals surface area (Å²) in [5.74, 6) is -0.679. The van der Waals surface area contributed by atoms with Gasteiger partial charge in [-0.25, -0.2) is 4.79 Å². The minimum absolute atomic E-state index is 0.0892. The molecule has 0 radical (unpaired) electrons. The van der Waals surface area contributed by atoms with Crippen molar-refractivity contribution in [3.8, 4) is 17.6 Å². The molecule has 0 saturated heterocycles. The average molecular weight is 477 g/mol. The number of carbonyl (C=O) groups excluding carboxylic acids is 1. The molecule has 0 unspecified atom stereocenters. The molecule has 3 rings (SSSR count). The number of amides is 1. The number of benzene rings is 3. The lowest BCUT2D eigenvalue weighted by Gasteiger charge is -2.12. The molecule has 1 amide bonds. The second kappa shape index (κ2) is 11.0. The highest BCUT2D eigenvalue weighted by Gasteiger charge is 2.13. The Morgan fingerprint density at radius 2 is 1.82 bits per heavy atom. The Morgan fingerprint density at radius 3 is 2.47 bits per heavy atom. The zero-order valence-corrected chi connectivity index (χ0v) is 19.2. The molecule has 0 heterocycles. The Labute approximate surface area is 201 Å². The highest BCUT2D eigenvalue weighted by atomic mass is 35.5.